The number of nitrogens with two attached hydrogens (primary N) is 1. The van der Waals surface area contributed by atoms with E-state index >= 15 is 0 Å². The van der Waals surface area contributed by atoms with Gasteiger partial charge in [0.2, 0.25) is 9.30 Å². The highest BCUT2D eigenvalue weighted by molar-refractivity contribution is 8.93. The van der Waals surface area contributed by atoms with Crippen molar-refractivity contribution in [1.29, 1.82) is 0 Å². The maximum Gasteiger partial charge on any atom is 0.358 e. The van der Waals surface area contributed by atoms with Gasteiger partial charge >= 0.3 is 5.97 Å². The second kappa shape index (κ2) is 5.30. The highest BCUT2D eigenvalue weighted by Crippen LogP contribution is 2.18. The second-order valence-electron chi connectivity index (χ2n) is 2.99. The summed E-state index contributed by atoms with van der Waals surface area (Å²) < 4.78 is 27.7. The topological polar surface area (TPSA) is 117 Å². The summed E-state index contributed by atoms with van der Waals surface area (Å²) in [5, 5.41) is 8.61. The molecule has 0 bridgehead atoms. The number of esters is 1. The summed E-state index contributed by atoms with van der Waals surface area (Å²) in [7, 11) is -3.85. The fourth-order valence-electron chi connectivity index (χ4n) is 1.10. The van der Waals surface area contributed by atoms with Gasteiger partial charge in [-0.3, -0.25) is 0 Å². The summed E-state index contributed by atoms with van der Waals surface area (Å²) >= 11 is 0.781. The molecule has 0 fully saturated rings. The minimum Gasteiger partial charge on any atom is -0.461 e. The molecule has 0 aromatic carbocycles. The Bertz CT molecular complexity index is 645. The van der Waals surface area contributed by atoms with Gasteiger partial charge < -0.3 is 4.74 Å². The summed E-state index contributed by atoms with van der Waals surface area (Å²) in [5.74, 6) is -0.581. The minimum absolute atomic E-state index is 0. The normalized spacial score (nSPS) is 11.2. The van der Waals surface area contributed by atoms with Crippen molar-refractivity contribution in [1.82, 2.24) is 14.6 Å². The van der Waals surface area contributed by atoms with Gasteiger partial charge in [-0.1, -0.05) is 11.3 Å². The number of carbonyl (C=O) groups excluding carboxylic acids is 1. The Labute approximate surface area is 117 Å². The van der Waals surface area contributed by atoms with E-state index < -0.39 is 16.0 Å². The molecule has 2 N–H and O–H groups in total. The van der Waals surface area contributed by atoms with Crippen molar-refractivity contribution in [3.8, 4) is 0 Å². The first-order valence-corrected chi connectivity index (χ1v) is 6.84. The molecule has 11 heteroatoms. The maximum absolute atomic E-state index is 11.3. The van der Waals surface area contributed by atoms with Crippen LogP contribution in [0.2, 0.25) is 0 Å². The van der Waals surface area contributed by atoms with Crippen LogP contribution in [0.15, 0.2) is 10.5 Å². The fraction of sp³-hybridized carbons (Fsp3) is 0.286. The molecule has 18 heavy (non-hydrogen) atoms. The number of hydrogen-bond donors (Lipinski definition) is 1. The van der Waals surface area contributed by atoms with Crippen molar-refractivity contribution >= 4 is 49.3 Å². The van der Waals surface area contributed by atoms with Gasteiger partial charge in [0.25, 0.3) is 10.0 Å². The number of nitrogens with zero attached hydrogens (tertiary/aromatic N) is 3. The predicted molar refractivity (Wildman–Crippen MR) is 68.5 cm³/mol. The molecule has 0 radical (unpaired) electrons. The molecule has 0 aliphatic carbocycles. The first-order valence-electron chi connectivity index (χ1n) is 4.48. The van der Waals surface area contributed by atoms with Crippen LogP contribution in [0, 0.1) is 0 Å². The number of primary sulfonamides is 1. The SMILES string of the molecule is Br.CCOC(=O)c1cn2nc(S(N)(=O)=O)sc2n1. The fourth-order valence-corrected chi connectivity index (χ4v) is 2.61. The van der Waals surface area contributed by atoms with Crippen LogP contribution in [0.25, 0.3) is 4.96 Å². The van der Waals surface area contributed by atoms with E-state index in [4.69, 9.17) is 9.88 Å². The molecule has 2 aromatic rings. The smallest absolute Gasteiger partial charge is 0.358 e. The summed E-state index contributed by atoms with van der Waals surface area (Å²) in [6.07, 6.45) is 1.29. The summed E-state index contributed by atoms with van der Waals surface area (Å²) in [6.45, 7) is 1.91. The van der Waals surface area contributed by atoms with Gasteiger partial charge in [0.1, 0.15) is 0 Å². The van der Waals surface area contributed by atoms with Crippen LogP contribution < -0.4 is 5.14 Å². The second-order valence-corrected chi connectivity index (χ2v) is 5.68. The number of carbonyl (C=O) groups is 1. The monoisotopic (exact) mass is 356 g/mol. The maximum atomic E-state index is 11.3. The molecular formula is C7H9BrN4O4S2. The number of halogens is 1. The Morgan fingerprint density at radius 2 is 2.28 bits per heavy atom. The van der Waals surface area contributed by atoms with Gasteiger partial charge in [0.05, 0.1) is 12.8 Å². The highest BCUT2D eigenvalue weighted by atomic mass is 79.9. The van der Waals surface area contributed by atoms with Crippen LogP contribution in [0.1, 0.15) is 17.4 Å². The summed E-state index contributed by atoms with van der Waals surface area (Å²) in [4.78, 5) is 15.5. The van der Waals surface area contributed by atoms with Crippen molar-refractivity contribution in [2.24, 2.45) is 5.14 Å². The molecule has 0 spiro atoms. The average molecular weight is 357 g/mol. The first kappa shape index (κ1) is 15.0. The Morgan fingerprint density at radius 3 is 2.78 bits per heavy atom. The van der Waals surface area contributed by atoms with Crippen LogP contribution in [0.3, 0.4) is 0 Å². The lowest BCUT2D eigenvalue weighted by atomic mass is 10.5. The lowest BCUT2D eigenvalue weighted by molar-refractivity contribution is 0.0520. The molecule has 0 aliphatic rings. The molecule has 0 atom stereocenters. The van der Waals surface area contributed by atoms with Gasteiger partial charge in [-0.15, -0.1) is 22.1 Å². The molecule has 8 nitrogen and oxygen atoms in total. The number of rotatable bonds is 3. The molecule has 0 aliphatic heterocycles. The zero-order valence-corrected chi connectivity index (χ0v) is 12.4. The van der Waals surface area contributed by atoms with E-state index in [9.17, 15) is 13.2 Å². The zero-order valence-electron chi connectivity index (χ0n) is 9.06. The van der Waals surface area contributed by atoms with Crippen LogP contribution in [-0.4, -0.2) is 35.6 Å². The predicted octanol–water partition coefficient (Wildman–Crippen LogP) is 0.193. The Balaban J connectivity index is 0.00000162. The third kappa shape index (κ3) is 2.85. The molecule has 100 valence electrons. The lowest BCUT2D eigenvalue weighted by Crippen LogP contribution is -2.12. The number of aromatic nitrogens is 3. The van der Waals surface area contributed by atoms with E-state index in [0.717, 1.165) is 11.3 Å². The van der Waals surface area contributed by atoms with E-state index in [0.29, 0.717) is 0 Å². The van der Waals surface area contributed by atoms with Crippen molar-refractivity contribution in [3.63, 3.8) is 0 Å². The van der Waals surface area contributed by atoms with Gasteiger partial charge in [0, 0.05) is 0 Å². The largest absolute Gasteiger partial charge is 0.461 e. The molecule has 0 saturated heterocycles. The van der Waals surface area contributed by atoms with Gasteiger partial charge in [-0.05, 0) is 6.92 Å². The van der Waals surface area contributed by atoms with E-state index in [-0.39, 0.29) is 38.6 Å². The van der Waals surface area contributed by atoms with Crippen LogP contribution >= 0.6 is 28.3 Å². The van der Waals surface area contributed by atoms with E-state index in [2.05, 4.69) is 10.1 Å². The molecular weight excluding hydrogens is 348 g/mol. The molecule has 2 heterocycles. The number of ether oxygens (including phenoxy) is 1. The molecule has 2 aromatic heterocycles. The van der Waals surface area contributed by atoms with Crippen molar-refractivity contribution in [2.45, 2.75) is 11.3 Å². The van der Waals surface area contributed by atoms with Crippen molar-refractivity contribution in [2.75, 3.05) is 6.61 Å². The Morgan fingerprint density at radius 1 is 1.61 bits per heavy atom. The van der Waals surface area contributed by atoms with Gasteiger partial charge in [-0.25, -0.2) is 27.9 Å². The molecule has 2 rings (SSSR count). The lowest BCUT2D eigenvalue weighted by Gasteiger charge is -1.95. The zero-order chi connectivity index (χ0) is 12.6. The van der Waals surface area contributed by atoms with Gasteiger partial charge in [0.15, 0.2) is 5.69 Å². The van der Waals surface area contributed by atoms with Crippen LogP contribution in [0.4, 0.5) is 0 Å². The number of imidazole rings is 1. The molecule has 0 saturated carbocycles. The average Bonchev–Trinajstić information content (AvgIpc) is 2.72. The quantitative estimate of drug-likeness (QED) is 0.784. The number of hydrogen-bond acceptors (Lipinski definition) is 7. The standard InChI is InChI=1S/C7H8N4O4S2.BrH/c1-2-15-5(12)4-3-11-6(9-4)16-7(10-11)17(8,13)14;/h3H,2H2,1H3,(H2,8,13,14);1H. The number of fused-ring (bicyclic) bond motifs is 1. The number of sulfonamides is 1. The first-order chi connectivity index (χ1) is 7.91. The Hall–Kier alpha value is -1.04. The van der Waals surface area contributed by atoms with E-state index in [1.807, 2.05) is 0 Å². The third-order valence-corrected chi connectivity index (χ3v) is 3.99. The van der Waals surface area contributed by atoms with Crippen molar-refractivity contribution in [3.05, 3.63) is 11.9 Å². The minimum atomic E-state index is -3.85. The molecule has 0 unspecified atom stereocenters. The highest BCUT2D eigenvalue weighted by Gasteiger charge is 2.19. The van der Waals surface area contributed by atoms with Gasteiger partial charge in [-0.2, -0.15) is 0 Å². The summed E-state index contributed by atoms with van der Waals surface area (Å²) in [5.41, 5.74) is 0.0755. The Kier molecular flexibility index (Phi) is 4.42. The van der Waals surface area contributed by atoms with Crippen LogP contribution in [0.5, 0.6) is 0 Å². The van der Waals surface area contributed by atoms with E-state index in [1.54, 1.807) is 6.92 Å². The summed E-state index contributed by atoms with van der Waals surface area (Å²) in [6, 6.07) is 0. The van der Waals surface area contributed by atoms with Crippen molar-refractivity contribution < 1.29 is 17.9 Å². The third-order valence-electron chi connectivity index (χ3n) is 1.75. The molecule has 0 amide bonds. The van der Waals surface area contributed by atoms with Crippen LogP contribution in [-0.2, 0) is 14.8 Å². The van der Waals surface area contributed by atoms with E-state index in [1.165, 1.54) is 10.7 Å².